The van der Waals surface area contributed by atoms with Crippen molar-refractivity contribution < 1.29 is 13.6 Å². The average molecular weight is 449 g/mol. The Balaban J connectivity index is 1.52. The van der Waals surface area contributed by atoms with E-state index in [-0.39, 0.29) is 18.4 Å². The summed E-state index contributed by atoms with van der Waals surface area (Å²) in [5.74, 6) is -0.205. The summed E-state index contributed by atoms with van der Waals surface area (Å²) in [6.45, 7) is 3.79. The number of amides is 2. The molecule has 5 rings (SSSR count). The molecular weight excluding hydrogens is 428 g/mol. The summed E-state index contributed by atoms with van der Waals surface area (Å²) in [4.78, 5) is 31.4. The number of nitrogens with zero attached hydrogens (tertiary/aromatic N) is 5. The molecule has 4 heterocycles. The van der Waals surface area contributed by atoms with Gasteiger partial charge < -0.3 is 15.6 Å². The number of aryl methyl sites for hydroxylation is 2. The highest BCUT2D eigenvalue weighted by molar-refractivity contribution is 6.02. The molecule has 2 amide bonds. The van der Waals surface area contributed by atoms with Gasteiger partial charge in [0.25, 0.3) is 0 Å². The lowest BCUT2D eigenvalue weighted by Gasteiger charge is -2.17. The van der Waals surface area contributed by atoms with Crippen LogP contribution in [0.2, 0.25) is 0 Å². The summed E-state index contributed by atoms with van der Waals surface area (Å²) in [7, 11) is 1.63. The summed E-state index contributed by atoms with van der Waals surface area (Å²) in [6.07, 6.45) is 2.64. The first-order valence-electron chi connectivity index (χ1n) is 10.3. The van der Waals surface area contributed by atoms with Crippen molar-refractivity contribution in [3.8, 4) is 11.1 Å². The van der Waals surface area contributed by atoms with Crippen LogP contribution in [-0.4, -0.2) is 44.5 Å². The minimum absolute atomic E-state index is 0.241. The van der Waals surface area contributed by atoms with Crippen molar-refractivity contribution in [2.75, 3.05) is 24.2 Å². The van der Waals surface area contributed by atoms with Crippen molar-refractivity contribution in [2.45, 2.75) is 19.9 Å². The Morgan fingerprint density at radius 3 is 2.67 bits per heavy atom. The van der Waals surface area contributed by atoms with Crippen LogP contribution in [0.1, 0.15) is 23.1 Å². The van der Waals surface area contributed by atoms with Crippen LogP contribution < -0.4 is 10.6 Å². The van der Waals surface area contributed by atoms with Crippen molar-refractivity contribution in [3.63, 3.8) is 0 Å². The van der Waals surface area contributed by atoms with Crippen LogP contribution in [0.5, 0.6) is 0 Å². The molecule has 1 unspecified atom stereocenters. The van der Waals surface area contributed by atoms with Gasteiger partial charge in [-0.2, -0.15) is 0 Å². The number of aromatic amines is 1. The Kier molecular flexibility index (Phi) is 4.73. The van der Waals surface area contributed by atoms with Gasteiger partial charge in [0.05, 0.1) is 24.2 Å². The summed E-state index contributed by atoms with van der Waals surface area (Å²) in [6, 6.07) is 5.25. The molecule has 0 aliphatic carbocycles. The molecule has 33 heavy (non-hydrogen) atoms. The number of urea groups is 1. The number of anilines is 2. The van der Waals surface area contributed by atoms with Crippen molar-refractivity contribution in [2.24, 2.45) is 0 Å². The van der Waals surface area contributed by atoms with E-state index in [0.717, 1.165) is 6.20 Å². The molecule has 1 atom stereocenters. The van der Waals surface area contributed by atoms with Crippen LogP contribution in [0.15, 0.2) is 36.7 Å². The molecule has 10 heteroatoms. The SMILES string of the molecule is Cc1nc(N)c2c(-c3ccc(N4CC(c5cncc(F)c5)N(C)C4=O)cc3F)c(C)[nH]c2n1. The highest BCUT2D eigenvalue weighted by Gasteiger charge is 2.37. The number of nitrogens with one attached hydrogen (secondary N) is 1. The number of H-pyrrole nitrogens is 1. The molecule has 0 saturated carbocycles. The second-order valence-corrected chi connectivity index (χ2v) is 8.13. The number of fused-ring (bicyclic) bond motifs is 1. The number of hydrogen-bond donors (Lipinski definition) is 2. The molecule has 1 aliphatic heterocycles. The van der Waals surface area contributed by atoms with Crippen LogP contribution in [0.4, 0.5) is 25.1 Å². The number of hydrogen-bond acceptors (Lipinski definition) is 5. The molecule has 4 aromatic rings. The third-order valence-electron chi connectivity index (χ3n) is 5.98. The van der Waals surface area contributed by atoms with E-state index in [1.807, 2.05) is 6.92 Å². The van der Waals surface area contributed by atoms with Gasteiger partial charge in [0.2, 0.25) is 0 Å². The van der Waals surface area contributed by atoms with Crippen LogP contribution in [0.25, 0.3) is 22.2 Å². The summed E-state index contributed by atoms with van der Waals surface area (Å²) < 4.78 is 29.0. The zero-order valence-corrected chi connectivity index (χ0v) is 18.2. The molecule has 0 bridgehead atoms. The third kappa shape index (κ3) is 3.34. The number of aromatic nitrogens is 4. The number of halogens is 2. The predicted octanol–water partition coefficient (Wildman–Crippen LogP) is 4.11. The molecule has 1 fully saturated rings. The minimum atomic E-state index is -0.511. The number of pyridine rings is 1. The highest BCUT2D eigenvalue weighted by atomic mass is 19.1. The Labute approximate surface area is 188 Å². The van der Waals surface area contributed by atoms with E-state index in [1.165, 1.54) is 28.1 Å². The fraction of sp³-hybridized carbons (Fsp3) is 0.217. The normalized spacial score (nSPS) is 16.3. The second-order valence-electron chi connectivity index (χ2n) is 8.13. The lowest BCUT2D eigenvalue weighted by molar-refractivity contribution is 0.219. The van der Waals surface area contributed by atoms with Gasteiger partial charge in [-0.1, -0.05) is 0 Å². The maximum absolute atomic E-state index is 15.4. The number of carbonyl (C=O) groups excluding carboxylic acids is 1. The largest absolute Gasteiger partial charge is 0.383 e. The quantitative estimate of drug-likeness (QED) is 0.490. The molecule has 1 saturated heterocycles. The van der Waals surface area contributed by atoms with E-state index in [4.69, 9.17) is 5.73 Å². The summed E-state index contributed by atoms with van der Waals surface area (Å²) in [5, 5.41) is 0.556. The molecule has 8 nitrogen and oxygen atoms in total. The summed E-state index contributed by atoms with van der Waals surface area (Å²) >= 11 is 0. The van der Waals surface area contributed by atoms with Crippen molar-refractivity contribution in [3.05, 3.63) is 65.4 Å². The highest BCUT2D eigenvalue weighted by Crippen LogP contribution is 2.38. The van der Waals surface area contributed by atoms with Gasteiger partial charge in [0, 0.05) is 35.8 Å². The number of carbonyl (C=O) groups is 1. The smallest absolute Gasteiger partial charge is 0.324 e. The van der Waals surface area contributed by atoms with E-state index in [2.05, 4.69) is 19.9 Å². The van der Waals surface area contributed by atoms with Crippen LogP contribution in [0, 0.1) is 25.5 Å². The molecule has 1 aromatic carbocycles. The molecule has 0 radical (unpaired) electrons. The molecule has 3 N–H and O–H groups in total. The van der Waals surface area contributed by atoms with Gasteiger partial charge in [0.1, 0.15) is 28.9 Å². The maximum Gasteiger partial charge on any atom is 0.324 e. The Morgan fingerprint density at radius 2 is 1.94 bits per heavy atom. The average Bonchev–Trinajstić information content (AvgIpc) is 3.24. The monoisotopic (exact) mass is 449 g/mol. The molecular formula is C23H21F2N7O. The van der Waals surface area contributed by atoms with Gasteiger partial charge in [-0.05, 0) is 43.7 Å². The number of rotatable bonds is 3. The summed E-state index contributed by atoms with van der Waals surface area (Å²) in [5.41, 5.74) is 9.25. The van der Waals surface area contributed by atoms with E-state index < -0.39 is 17.7 Å². The molecule has 3 aromatic heterocycles. The molecule has 1 aliphatic rings. The van der Waals surface area contributed by atoms with E-state index >= 15 is 4.39 Å². The van der Waals surface area contributed by atoms with Crippen molar-refractivity contribution in [1.82, 2.24) is 24.8 Å². The Hall–Kier alpha value is -4.08. The lowest BCUT2D eigenvalue weighted by atomic mass is 10.0. The zero-order chi connectivity index (χ0) is 23.4. The maximum atomic E-state index is 15.4. The van der Waals surface area contributed by atoms with Crippen LogP contribution in [-0.2, 0) is 0 Å². The topological polar surface area (TPSA) is 104 Å². The molecule has 0 spiro atoms. The van der Waals surface area contributed by atoms with Gasteiger partial charge in [-0.3, -0.25) is 9.88 Å². The third-order valence-corrected chi connectivity index (χ3v) is 5.98. The first-order chi connectivity index (χ1) is 15.7. The molecule has 168 valence electrons. The fourth-order valence-electron chi connectivity index (χ4n) is 4.42. The number of nitrogen functional groups attached to an aromatic ring is 1. The van der Waals surface area contributed by atoms with E-state index in [1.54, 1.807) is 26.1 Å². The Bertz CT molecular complexity index is 1420. The standard InChI is InChI=1S/C23H21F2N7O/c1-11-19(20-21(26)29-12(2)30-22(20)28-11)16-5-4-15(7-17(16)25)32-10-18(31(3)23(32)33)13-6-14(24)9-27-8-13/h4-9,18H,10H2,1-3H3,(H3,26,28,29,30). The van der Waals surface area contributed by atoms with E-state index in [9.17, 15) is 9.18 Å². The predicted molar refractivity (Wildman–Crippen MR) is 121 cm³/mol. The minimum Gasteiger partial charge on any atom is -0.383 e. The van der Waals surface area contributed by atoms with Gasteiger partial charge >= 0.3 is 6.03 Å². The number of benzene rings is 1. The Morgan fingerprint density at radius 1 is 1.15 bits per heavy atom. The fourth-order valence-corrected chi connectivity index (χ4v) is 4.42. The lowest BCUT2D eigenvalue weighted by Crippen LogP contribution is -2.29. The van der Waals surface area contributed by atoms with Gasteiger partial charge in [-0.25, -0.2) is 23.5 Å². The van der Waals surface area contributed by atoms with Gasteiger partial charge in [0.15, 0.2) is 0 Å². The first-order valence-corrected chi connectivity index (χ1v) is 10.3. The number of likely N-dealkylation sites (N-methyl/N-ethyl adjacent to an activating group) is 1. The van der Waals surface area contributed by atoms with Crippen LogP contribution >= 0.6 is 0 Å². The van der Waals surface area contributed by atoms with E-state index in [0.29, 0.717) is 44.9 Å². The van der Waals surface area contributed by atoms with Crippen LogP contribution in [0.3, 0.4) is 0 Å². The second kappa shape index (κ2) is 7.51. The van der Waals surface area contributed by atoms with Gasteiger partial charge in [-0.15, -0.1) is 0 Å². The number of nitrogens with two attached hydrogens (primary N) is 1. The first kappa shape index (κ1) is 20.8. The zero-order valence-electron chi connectivity index (χ0n) is 18.2. The van der Waals surface area contributed by atoms with Crippen molar-refractivity contribution >= 4 is 28.6 Å². The van der Waals surface area contributed by atoms with Crippen molar-refractivity contribution in [1.29, 1.82) is 0 Å².